The Morgan fingerprint density at radius 3 is 2.74 bits per heavy atom. The maximum atomic E-state index is 13.3. The molecular weight excluding hydrogens is 456 g/mol. The summed E-state index contributed by atoms with van der Waals surface area (Å²) in [6, 6.07) is 8.80. The molecule has 10 heteroatoms. The van der Waals surface area contributed by atoms with E-state index in [0.29, 0.717) is 42.0 Å². The van der Waals surface area contributed by atoms with E-state index in [2.05, 4.69) is 16.4 Å². The molecule has 1 unspecified atom stereocenters. The summed E-state index contributed by atoms with van der Waals surface area (Å²) in [6.45, 7) is 6.79. The van der Waals surface area contributed by atoms with E-state index >= 15 is 0 Å². The number of rotatable bonds is 5. The van der Waals surface area contributed by atoms with Crippen LogP contribution in [0.15, 0.2) is 29.1 Å². The lowest BCUT2D eigenvalue weighted by Gasteiger charge is -2.24. The highest BCUT2D eigenvalue weighted by atomic mass is 35.5. The Balaban J connectivity index is 1.82. The van der Waals surface area contributed by atoms with Crippen LogP contribution in [0.3, 0.4) is 0 Å². The van der Waals surface area contributed by atoms with Crippen molar-refractivity contribution in [3.05, 3.63) is 56.6 Å². The number of nitriles is 1. The summed E-state index contributed by atoms with van der Waals surface area (Å²) in [4.78, 5) is 35.7. The summed E-state index contributed by atoms with van der Waals surface area (Å²) in [5, 5.41) is 22.8. The van der Waals surface area contributed by atoms with Crippen LogP contribution >= 0.6 is 11.6 Å². The Morgan fingerprint density at radius 1 is 1.35 bits per heavy atom. The van der Waals surface area contributed by atoms with Crippen LogP contribution in [0, 0.1) is 23.7 Å². The molecule has 3 heterocycles. The molecule has 1 fully saturated rings. The fraction of sp³-hybridized carbons (Fsp3) is 0.375. The molecule has 2 aromatic heterocycles. The highest BCUT2D eigenvalue weighted by molar-refractivity contribution is 6.29. The Labute approximate surface area is 201 Å². The molecule has 3 aromatic rings. The molecule has 0 aliphatic carbocycles. The van der Waals surface area contributed by atoms with Crippen LogP contribution in [0.25, 0.3) is 10.9 Å². The minimum Gasteiger partial charge on any atom is -0.476 e. The number of hydrogen-bond donors (Lipinski definition) is 2. The largest absolute Gasteiger partial charge is 0.476 e. The smallest absolute Gasteiger partial charge is 0.356 e. The maximum Gasteiger partial charge on any atom is 0.356 e. The van der Waals surface area contributed by atoms with E-state index in [4.69, 9.17) is 16.6 Å². The molecule has 2 atom stereocenters. The second-order valence-corrected chi connectivity index (χ2v) is 9.46. The second-order valence-electron chi connectivity index (χ2n) is 9.07. The van der Waals surface area contributed by atoms with Crippen LogP contribution < -0.4 is 15.8 Å². The van der Waals surface area contributed by atoms with Crippen LogP contribution in [0.2, 0.25) is 5.15 Å². The summed E-state index contributed by atoms with van der Waals surface area (Å²) >= 11 is 5.88. The van der Waals surface area contributed by atoms with Gasteiger partial charge < -0.3 is 15.3 Å². The number of hydrogen-bond acceptors (Lipinski definition) is 7. The van der Waals surface area contributed by atoms with Crippen LogP contribution in [0.1, 0.15) is 47.9 Å². The number of carbonyl (C=O) groups is 1. The number of aromatic carboxylic acids is 1. The SMILES string of the molecule is Cc1cc([C@@H](C)Nc2ccc(Cl)nc2C(=O)O)c2nc(N3CCC(C)(C#N)C3)n(C)c(=O)c2c1. The van der Waals surface area contributed by atoms with Gasteiger partial charge in [-0.25, -0.2) is 14.8 Å². The van der Waals surface area contributed by atoms with Gasteiger partial charge in [0.15, 0.2) is 5.69 Å². The van der Waals surface area contributed by atoms with Crippen molar-refractivity contribution < 1.29 is 9.90 Å². The first-order chi connectivity index (χ1) is 16.0. The molecule has 1 aliphatic rings. The number of fused-ring (bicyclic) bond motifs is 1. The van der Waals surface area contributed by atoms with Crippen molar-refractivity contribution in [3.8, 4) is 6.07 Å². The minimum absolute atomic E-state index is 0.0846. The van der Waals surface area contributed by atoms with Gasteiger partial charge in [-0.05, 0) is 51.0 Å². The van der Waals surface area contributed by atoms with Crippen molar-refractivity contribution in [2.75, 3.05) is 23.3 Å². The minimum atomic E-state index is -1.20. The lowest BCUT2D eigenvalue weighted by Crippen LogP contribution is -2.32. The molecule has 1 saturated heterocycles. The monoisotopic (exact) mass is 480 g/mol. The van der Waals surface area contributed by atoms with Gasteiger partial charge in [0.2, 0.25) is 5.95 Å². The average molecular weight is 481 g/mol. The fourth-order valence-electron chi connectivity index (χ4n) is 4.40. The molecule has 0 saturated carbocycles. The number of benzene rings is 1. The van der Waals surface area contributed by atoms with E-state index in [1.54, 1.807) is 19.2 Å². The highest BCUT2D eigenvalue weighted by Crippen LogP contribution is 2.33. The van der Waals surface area contributed by atoms with Crippen LogP contribution in [-0.2, 0) is 7.05 Å². The number of nitrogens with zero attached hydrogens (tertiary/aromatic N) is 5. The van der Waals surface area contributed by atoms with Gasteiger partial charge in [-0.3, -0.25) is 9.36 Å². The zero-order chi connectivity index (χ0) is 24.8. The lowest BCUT2D eigenvalue weighted by atomic mass is 9.92. The molecule has 0 spiro atoms. The first-order valence-corrected chi connectivity index (χ1v) is 11.2. The Morgan fingerprint density at radius 2 is 2.09 bits per heavy atom. The summed E-state index contributed by atoms with van der Waals surface area (Å²) in [7, 11) is 1.69. The first kappa shape index (κ1) is 23.5. The predicted molar refractivity (Wildman–Crippen MR) is 131 cm³/mol. The summed E-state index contributed by atoms with van der Waals surface area (Å²) in [6.07, 6.45) is 0.692. The molecule has 176 valence electrons. The molecule has 0 radical (unpaired) electrons. The number of pyridine rings is 1. The number of anilines is 2. The molecule has 4 rings (SSSR count). The van der Waals surface area contributed by atoms with E-state index < -0.39 is 11.4 Å². The molecule has 2 N–H and O–H groups in total. The van der Waals surface area contributed by atoms with Gasteiger partial charge in [-0.15, -0.1) is 0 Å². The average Bonchev–Trinajstić information content (AvgIpc) is 3.19. The molecular formula is C24H25ClN6O3. The summed E-state index contributed by atoms with van der Waals surface area (Å²) in [5.74, 6) is -0.691. The van der Waals surface area contributed by atoms with Crippen LogP contribution in [0.5, 0.6) is 0 Å². The number of nitrogens with one attached hydrogen (secondary N) is 1. The van der Waals surface area contributed by atoms with Gasteiger partial charge in [0.25, 0.3) is 5.56 Å². The third-order valence-corrected chi connectivity index (χ3v) is 6.47. The third kappa shape index (κ3) is 4.17. The van der Waals surface area contributed by atoms with Crippen molar-refractivity contribution in [2.24, 2.45) is 12.5 Å². The highest BCUT2D eigenvalue weighted by Gasteiger charge is 2.35. The van der Waals surface area contributed by atoms with Gasteiger partial charge in [-0.2, -0.15) is 5.26 Å². The predicted octanol–water partition coefficient (Wildman–Crippen LogP) is 3.90. The number of halogens is 1. The fourth-order valence-corrected chi connectivity index (χ4v) is 4.55. The zero-order valence-electron chi connectivity index (χ0n) is 19.4. The number of aryl methyl sites for hydroxylation is 1. The van der Waals surface area contributed by atoms with Crippen molar-refractivity contribution in [1.29, 1.82) is 5.26 Å². The third-order valence-electron chi connectivity index (χ3n) is 6.26. The van der Waals surface area contributed by atoms with E-state index in [-0.39, 0.29) is 22.4 Å². The van der Waals surface area contributed by atoms with E-state index in [1.807, 2.05) is 31.7 Å². The number of carboxylic acids is 1. The second kappa shape index (κ2) is 8.61. The van der Waals surface area contributed by atoms with Gasteiger partial charge in [-0.1, -0.05) is 17.7 Å². The lowest BCUT2D eigenvalue weighted by molar-refractivity contribution is 0.0691. The topological polar surface area (TPSA) is 124 Å². The van der Waals surface area contributed by atoms with E-state index in [0.717, 1.165) is 11.1 Å². The normalized spacial score (nSPS) is 18.6. The molecule has 0 bridgehead atoms. The van der Waals surface area contributed by atoms with Crippen LogP contribution in [-0.4, -0.2) is 38.7 Å². The van der Waals surface area contributed by atoms with Crippen molar-refractivity contribution in [3.63, 3.8) is 0 Å². The molecule has 1 aliphatic heterocycles. The van der Waals surface area contributed by atoms with Crippen molar-refractivity contribution in [2.45, 2.75) is 33.2 Å². The van der Waals surface area contributed by atoms with Crippen molar-refractivity contribution in [1.82, 2.24) is 14.5 Å². The van der Waals surface area contributed by atoms with Gasteiger partial charge in [0.05, 0.1) is 34.1 Å². The molecule has 0 amide bonds. The number of carboxylic acid groups (broad SMARTS) is 1. The maximum absolute atomic E-state index is 13.3. The molecule has 34 heavy (non-hydrogen) atoms. The molecule has 9 nitrogen and oxygen atoms in total. The van der Waals surface area contributed by atoms with E-state index in [1.165, 1.54) is 10.6 Å². The Hall–Kier alpha value is -3.64. The van der Waals surface area contributed by atoms with Gasteiger partial charge >= 0.3 is 5.97 Å². The van der Waals surface area contributed by atoms with Crippen molar-refractivity contribution >= 4 is 40.1 Å². The zero-order valence-corrected chi connectivity index (χ0v) is 20.1. The molecule has 1 aromatic carbocycles. The van der Waals surface area contributed by atoms with Gasteiger partial charge in [0, 0.05) is 25.7 Å². The standard InChI is InChI=1S/C24H25ClN6O3/c1-13-9-15(14(2)27-17-5-6-18(25)28-20(17)22(33)34)19-16(10-13)21(32)30(4)23(29-19)31-8-7-24(3,11-26)12-31/h5-6,9-10,14,27H,7-8,12H2,1-4H3,(H,33,34)/t14-,24?/m1/s1. The van der Waals surface area contributed by atoms with Gasteiger partial charge in [0.1, 0.15) is 5.15 Å². The van der Waals surface area contributed by atoms with E-state index in [9.17, 15) is 20.0 Å². The number of aromatic nitrogens is 3. The summed E-state index contributed by atoms with van der Waals surface area (Å²) < 4.78 is 1.53. The van der Waals surface area contributed by atoms with Crippen LogP contribution in [0.4, 0.5) is 11.6 Å². The Kier molecular flexibility index (Phi) is 5.96. The summed E-state index contributed by atoms with van der Waals surface area (Å²) in [5.41, 5.74) is 1.62. The Bertz CT molecular complexity index is 1410. The first-order valence-electron chi connectivity index (χ1n) is 10.9. The quantitative estimate of drug-likeness (QED) is 0.527.